The summed E-state index contributed by atoms with van der Waals surface area (Å²) in [6, 6.07) is 6.17. The molecule has 0 aromatic heterocycles. The molecule has 0 bridgehead atoms. The van der Waals surface area contributed by atoms with Crippen molar-refractivity contribution in [2.24, 2.45) is 0 Å². The SMILES string of the molecule is C=C(C)c1ccc(OCOC)c(C(C)(C)C)c1. The van der Waals surface area contributed by atoms with E-state index in [2.05, 4.69) is 33.4 Å². The van der Waals surface area contributed by atoms with Gasteiger partial charge in [-0.1, -0.05) is 39.0 Å². The van der Waals surface area contributed by atoms with Crippen molar-refractivity contribution in [2.75, 3.05) is 13.9 Å². The van der Waals surface area contributed by atoms with Crippen LogP contribution in [-0.4, -0.2) is 13.9 Å². The Morgan fingerprint density at radius 3 is 2.41 bits per heavy atom. The number of rotatable bonds is 4. The minimum atomic E-state index is 0.0362. The highest BCUT2D eigenvalue weighted by atomic mass is 16.7. The van der Waals surface area contributed by atoms with Crippen molar-refractivity contribution in [2.45, 2.75) is 33.1 Å². The van der Waals surface area contributed by atoms with Crippen LogP contribution in [0.2, 0.25) is 0 Å². The number of allylic oxidation sites excluding steroid dienone is 1. The number of benzene rings is 1. The largest absolute Gasteiger partial charge is 0.467 e. The predicted molar refractivity (Wildman–Crippen MR) is 72.4 cm³/mol. The summed E-state index contributed by atoms with van der Waals surface area (Å²) in [6.45, 7) is 12.8. The number of hydrogen-bond donors (Lipinski definition) is 0. The Bertz CT molecular complexity index is 400. The Hall–Kier alpha value is -1.28. The molecule has 1 rings (SSSR count). The maximum atomic E-state index is 5.60. The van der Waals surface area contributed by atoms with Crippen LogP contribution in [0.5, 0.6) is 5.75 Å². The lowest BCUT2D eigenvalue weighted by atomic mass is 9.85. The second kappa shape index (κ2) is 5.37. The third-order valence-electron chi connectivity index (χ3n) is 2.61. The monoisotopic (exact) mass is 234 g/mol. The Kier molecular flexibility index (Phi) is 4.35. The molecule has 0 atom stereocenters. The van der Waals surface area contributed by atoms with Gasteiger partial charge in [-0.2, -0.15) is 0 Å². The zero-order valence-electron chi connectivity index (χ0n) is 11.5. The summed E-state index contributed by atoms with van der Waals surface area (Å²) in [4.78, 5) is 0. The lowest BCUT2D eigenvalue weighted by molar-refractivity contribution is 0.0498. The fourth-order valence-electron chi connectivity index (χ4n) is 1.63. The molecule has 0 aliphatic heterocycles. The topological polar surface area (TPSA) is 18.5 Å². The molecule has 0 aliphatic carbocycles. The summed E-state index contributed by atoms with van der Waals surface area (Å²) in [6.07, 6.45) is 0. The van der Waals surface area contributed by atoms with Crippen molar-refractivity contribution in [1.82, 2.24) is 0 Å². The smallest absolute Gasteiger partial charge is 0.188 e. The third kappa shape index (κ3) is 3.60. The van der Waals surface area contributed by atoms with E-state index in [0.717, 1.165) is 16.9 Å². The molecular formula is C15H22O2. The predicted octanol–water partition coefficient (Wildman–Crippen LogP) is 4.00. The lowest BCUT2D eigenvalue weighted by Gasteiger charge is -2.23. The summed E-state index contributed by atoms with van der Waals surface area (Å²) < 4.78 is 10.5. The van der Waals surface area contributed by atoms with E-state index in [4.69, 9.17) is 9.47 Å². The molecule has 0 amide bonds. The van der Waals surface area contributed by atoms with Gasteiger partial charge in [-0.25, -0.2) is 0 Å². The minimum Gasteiger partial charge on any atom is -0.467 e. The van der Waals surface area contributed by atoms with E-state index in [1.54, 1.807) is 7.11 Å². The van der Waals surface area contributed by atoms with Crippen LogP contribution in [0.4, 0.5) is 0 Å². The van der Waals surface area contributed by atoms with E-state index in [1.807, 2.05) is 19.1 Å². The molecule has 1 aromatic carbocycles. The Morgan fingerprint density at radius 2 is 1.94 bits per heavy atom. The van der Waals surface area contributed by atoms with Crippen LogP contribution < -0.4 is 4.74 Å². The van der Waals surface area contributed by atoms with Crippen LogP contribution in [0.25, 0.3) is 5.57 Å². The summed E-state index contributed by atoms with van der Waals surface area (Å²) in [7, 11) is 1.62. The van der Waals surface area contributed by atoms with Gasteiger partial charge in [-0.05, 0) is 30.0 Å². The second-order valence-electron chi connectivity index (χ2n) is 5.29. The highest BCUT2D eigenvalue weighted by Crippen LogP contribution is 2.33. The first kappa shape index (κ1) is 13.8. The van der Waals surface area contributed by atoms with E-state index in [1.165, 1.54) is 5.56 Å². The Balaban J connectivity index is 3.17. The normalized spacial score (nSPS) is 11.4. The fraction of sp³-hybridized carbons (Fsp3) is 0.467. The van der Waals surface area contributed by atoms with Crippen molar-refractivity contribution >= 4 is 5.57 Å². The van der Waals surface area contributed by atoms with Gasteiger partial charge in [0, 0.05) is 12.7 Å². The van der Waals surface area contributed by atoms with Gasteiger partial charge in [-0.15, -0.1) is 0 Å². The number of hydrogen-bond acceptors (Lipinski definition) is 2. The van der Waals surface area contributed by atoms with Crippen LogP contribution in [0.3, 0.4) is 0 Å². The molecule has 1 aromatic rings. The molecule has 0 saturated carbocycles. The molecule has 0 saturated heterocycles. The van der Waals surface area contributed by atoms with Gasteiger partial charge in [-0.3, -0.25) is 0 Å². The molecular weight excluding hydrogens is 212 g/mol. The molecule has 0 N–H and O–H groups in total. The summed E-state index contributed by atoms with van der Waals surface area (Å²) >= 11 is 0. The van der Waals surface area contributed by atoms with E-state index in [9.17, 15) is 0 Å². The Labute approximate surface area is 104 Å². The molecule has 2 heteroatoms. The molecule has 2 nitrogen and oxygen atoms in total. The van der Waals surface area contributed by atoms with E-state index in [-0.39, 0.29) is 12.2 Å². The van der Waals surface area contributed by atoms with Crippen LogP contribution in [-0.2, 0) is 10.2 Å². The maximum Gasteiger partial charge on any atom is 0.188 e. The van der Waals surface area contributed by atoms with Crippen molar-refractivity contribution in [3.05, 3.63) is 35.9 Å². The molecule has 0 radical (unpaired) electrons. The van der Waals surface area contributed by atoms with Crippen molar-refractivity contribution in [3.8, 4) is 5.75 Å². The van der Waals surface area contributed by atoms with Gasteiger partial charge in [0.05, 0.1) is 0 Å². The van der Waals surface area contributed by atoms with Crippen molar-refractivity contribution < 1.29 is 9.47 Å². The quantitative estimate of drug-likeness (QED) is 0.733. The van der Waals surface area contributed by atoms with E-state index < -0.39 is 0 Å². The molecule has 17 heavy (non-hydrogen) atoms. The van der Waals surface area contributed by atoms with Crippen LogP contribution in [0.1, 0.15) is 38.8 Å². The first-order valence-electron chi connectivity index (χ1n) is 5.78. The highest BCUT2D eigenvalue weighted by molar-refractivity contribution is 5.63. The van der Waals surface area contributed by atoms with Gasteiger partial charge in [0.15, 0.2) is 6.79 Å². The third-order valence-corrected chi connectivity index (χ3v) is 2.61. The highest BCUT2D eigenvalue weighted by Gasteiger charge is 2.19. The standard InChI is InChI=1S/C15H22O2/c1-11(2)12-7-8-14(17-10-16-6)13(9-12)15(3,4)5/h7-9H,1,10H2,2-6H3. The minimum absolute atomic E-state index is 0.0362. The second-order valence-corrected chi connectivity index (χ2v) is 5.29. The maximum absolute atomic E-state index is 5.60. The summed E-state index contributed by atoms with van der Waals surface area (Å²) in [5, 5.41) is 0. The zero-order chi connectivity index (χ0) is 13.1. The molecule has 0 unspecified atom stereocenters. The molecule has 0 aliphatic rings. The van der Waals surface area contributed by atoms with Crippen LogP contribution >= 0.6 is 0 Å². The number of ether oxygens (including phenoxy) is 2. The Morgan fingerprint density at radius 1 is 1.29 bits per heavy atom. The summed E-state index contributed by atoms with van der Waals surface area (Å²) in [5.74, 6) is 0.879. The van der Waals surface area contributed by atoms with Crippen molar-refractivity contribution in [3.63, 3.8) is 0 Å². The van der Waals surface area contributed by atoms with E-state index >= 15 is 0 Å². The van der Waals surface area contributed by atoms with Crippen LogP contribution in [0, 0.1) is 0 Å². The number of methoxy groups -OCH3 is 1. The summed E-state index contributed by atoms with van der Waals surface area (Å²) in [5.41, 5.74) is 3.43. The van der Waals surface area contributed by atoms with Gasteiger partial charge in [0.1, 0.15) is 5.75 Å². The van der Waals surface area contributed by atoms with Gasteiger partial charge in [0.25, 0.3) is 0 Å². The van der Waals surface area contributed by atoms with Gasteiger partial charge < -0.3 is 9.47 Å². The van der Waals surface area contributed by atoms with Gasteiger partial charge >= 0.3 is 0 Å². The lowest BCUT2D eigenvalue weighted by Crippen LogP contribution is -2.14. The first-order chi connectivity index (χ1) is 7.86. The van der Waals surface area contributed by atoms with E-state index in [0.29, 0.717) is 0 Å². The van der Waals surface area contributed by atoms with Crippen molar-refractivity contribution in [1.29, 1.82) is 0 Å². The van der Waals surface area contributed by atoms with Crippen LogP contribution in [0.15, 0.2) is 24.8 Å². The average Bonchev–Trinajstić information content (AvgIpc) is 2.24. The fourth-order valence-corrected chi connectivity index (χ4v) is 1.63. The average molecular weight is 234 g/mol. The molecule has 0 heterocycles. The van der Waals surface area contributed by atoms with Gasteiger partial charge in [0.2, 0.25) is 0 Å². The molecule has 94 valence electrons. The molecule has 0 spiro atoms. The zero-order valence-corrected chi connectivity index (χ0v) is 11.5. The molecule has 0 fully saturated rings. The first-order valence-corrected chi connectivity index (χ1v) is 5.78.